The average molecular weight is 242 g/mol. The lowest BCUT2D eigenvalue weighted by Crippen LogP contribution is -1.98. The van der Waals surface area contributed by atoms with Crippen molar-refractivity contribution in [2.24, 2.45) is 0 Å². The molecule has 0 spiro atoms. The Morgan fingerprint density at radius 2 is 1.82 bits per heavy atom. The van der Waals surface area contributed by atoms with E-state index in [9.17, 15) is 4.79 Å². The molecule has 1 aromatic heterocycles. The summed E-state index contributed by atoms with van der Waals surface area (Å²) in [5.41, 5.74) is 0.631. The first-order valence-corrected chi connectivity index (χ1v) is 5.61. The fourth-order valence-corrected chi connectivity index (χ4v) is 2.09. The predicted octanol–water partition coefficient (Wildman–Crippen LogP) is 3.40. The molecule has 0 atom stereocenters. The van der Waals surface area contributed by atoms with Crippen LogP contribution in [0.25, 0.3) is 21.7 Å². The van der Waals surface area contributed by atoms with E-state index in [1.165, 1.54) is 0 Å². The molecule has 3 rings (SSSR count). The second kappa shape index (κ2) is 3.82. The summed E-state index contributed by atoms with van der Waals surface area (Å²) < 4.78 is 0. The minimum Gasteiger partial charge on any atom is -0.289 e. The Bertz CT molecular complexity index is 783. The van der Waals surface area contributed by atoms with Crippen molar-refractivity contribution in [2.75, 3.05) is 0 Å². The smallest absolute Gasteiger partial charge is 0.195 e. The number of hydrogen-bond donors (Lipinski definition) is 0. The molecule has 0 saturated heterocycles. The van der Waals surface area contributed by atoms with Gasteiger partial charge in [-0.1, -0.05) is 41.9 Å². The molecule has 0 N–H and O–H groups in total. The predicted molar refractivity (Wildman–Crippen MR) is 70.5 cm³/mol. The molecule has 0 bridgehead atoms. The summed E-state index contributed by atoms with van der Waals surface area (Å²) in [5, 5.41) is 2.63. The van der Waals surface area contributed by atoms with Crippen molar-refractivity contribution in [3.8, 4) is 0 Å². The summed E-state index contributed by atoms with van der Waals surface area (Å²) >= 11 is 5.88. The number of rotatable bonds is 0. The molecule has 3 heteroatoms. The summed E-state index contributed by atoms with van der Waals surface area (Å²) in [7, 11) is 0. The van der Waals surface area contributed by atoms with Gasteiger partial charge in [-0.25, -0.2) is 0 Å². The van der Waals surface area contributed by atoms with Crippen molar-refractivity contribution in [3.05, 3.63) is 63.9 Å². The molecule has 0 amide bonds. The van der Waals surface area contributed by atoms with E-state index in [0.717, 1.165) is 5.39 Å². The Hall–Kier alpha value is -1.93. The van der Waals surface area contributed by atoms with E-state index in [4.69, 9.17) is 11.6 Å². The topological polar surface area (TPSA) is 30.0 Å². The third-order valence-corrected chi connectivity index (χ3v) is 2.96. The normalized spacial score (nSPS) is 10.9. The van der Waals surface area contributed by atoms with Gasteiger partial charge in [0.1, 0.15) is 0 Å². The Kier molecular flexibility index (Phi) is 2.30. The number of halogens is 1. The molecule has 17 heavy (non-hydrogen) atoms. The molecule has 0 unspecified atom stereocenters. The number of benzene rings is 1. The van der Waals surface area contributed by atoms with Gasteiger partial charge in [0.2, 0.25) is 0 Å². The van der Waals surface area contributed by atoms with Gasteiger partial charge in [-0.2, -0.15) is 0 Å². The third kappa shape index (κ3) is 1.67. The van der Waals surface area contributed by atoms with Crippen LogP contribution < -0.4 is 5.43 Å². The molecular weight excluding hydrogens is 234 g/mol. The minimum atomic E-state index is -0.0319. The van der Waals surface area contributed by atoms with E-state index in [-0.39, 0.29) is 5.43 Å². The molecule has 0 radical (unpaired) electrons. The van der Waals surface area contributed by atoms with Gasteiger partial charge in [0.05, 0.1) is 10.5 Å². The maximum absolute atomic E-state index is 12.3. The third-order valence-electron chi connectivity index (χ3n) is 2.76. The molecule has 0 aliphatic carbocycles. The Labute approximate surface area is 102 Å². The van der Waals surface area contributed by atoms with Crippen LogP contribution in [0, 0.1) is 0 Å². The Morgan fingerprint density at radius 3 is 2.71 bits per heavy atom. The van der Waals surface area contributed by atoms with Crippen molar-refractivity contribution in [2.45, 2.75) is 0 Å². The summed E-state index contributed by atoms with van der Waals surface area (Å²) in [6, 6.07) is 12.9. The number of fused-ring (bicyclic) bond motifs is 2. The van der Waals surface area contributed by atoms with Gasteiger partial charge in [0.25, 0.3) is 0 Å². The van der Waals surface area contributed by atoms with Gasteiger partial charge < -0.3 is 0 Å². The highest BCUT2D eigenvalue weighted by molar-refractivity contribution is 6.31. The number of hydrogen-bond acceptors (Lipinski definition) is 2. The van der Waals surface area contributed by atoms with Crippen molar-refractivity contribution >= 4 is 33.3 Å². The van der Waals surface area contributed by atoms with E-state index in [2.05, 4.69) is 4.98 Å². The summed E-state index contributed by atoms with van der Waals surface area (Å²) in [5.74, 6) is 0. The quantitative estimate of drug-likeness (QED) is 0.604. The van der Waals surface area contributed by atoms with E-state index in [1.54, 1.807) is 12.3 Å². The molecule has 0 aliphatic heterocycles. The molecule has 82 valence electrons. The molecule has 3 aromatic rings. The lowest BCUT2D eigenvalue weighted by molar-refractivity contribution is 1.42. The van der Waals surface area contributed by atoms with Crippen LogP contribution in [0.5, 0.6) is 0 Å². The molecule has 1 heterocycles. The molecule has 0 saturated carbocycles. The second-order valence-corrected chi connectivity index (χ2v) is 4.27. The van der Waals surface area contributed by atoms with Gasteiger partial charge in [0, 0.05) is 17.0 Å². The first kappa shape index (κ1) is 10.2. The van der Waals surface area contributed by atoms with Crippen LogP contribution in [0.15, 0.2) is 53.5 Å². The molecule has 0 aliphatic rings. The Balaban J connectivity index is 2.65. The van der Waals surface area contributed by atoms with Crippen LogP contribution in [-0.2, 0) is 0 Å². The van der Waals surface area contributed by atoms with E-state index in [0.29, 0.717) is 21.3 Å². The Morgan fingerprint density at radius 1 is 1.00 bits per heavy atom. The first-order chi connectivity index (χ1) is 8.25. The zero-order valence-electron chi connectivity index (χ0n) is 8.85. The van der Waals surface area contributed by atoms with E-state index in [1.807, 2.05) is 36.4 Å². The molecule has 2 aromatic carbocycles. The number of aromatic nitrogens is 1. The van der Waals surface area contributed by atoms with Crippen LogP contribution in [0.4, 0.5) is 0 Å². The number of pyridine rings is 1. The first-order valence-electron chi connectivity index (χ1n) is 5.23. The van der Waals surface area contributed by atoms with Crippen LogP contribution >= 0.6 is 11.6 Å². The second-order valence-electron chi connectivity index (χ2n) is 3.84. The van der Waals surface area contributed by atoms with Crippen molar-refractivity contribution in [1.29, 1.82) is 0 Å². The standard InChI is InChI=1S/C14H8ClNO/c15-10-7-12-13(16-8-10)6-5-9-3-1-2-4-11(9)14(12)17/h1-8H. The highest BCUT2D eigenvalue weighted by Crippen LogP contribution is 2.16. The van der Waals surface area contributed by atoms with Crippen LogP contribution in [0.3, 0.4) is 0 Å². The lowest BCUT2D eigenvalue weighted by atomic mass is 10.2. The number of nitrogens with zero attached hydrogens (tertiary/aromatic N) is 1. The van der Waals surface area contributed by atoms with Crippen molar-refractivity contribution < 1.29 is 0 Å². The fraction of sp³-hybridized carbons (Fsp3) is 0. The lowest BCUT2D eigenvalue weighted by Gasteiger charge is -1.92. The average Bonchev–Trinajstić information content (AvgIpc) is 2.49. The van der Waals surface area contributed by atoms with Crippen LogP contribution in [-0.4, -0.2) is 4.98 Å². The van der Waals surface area contributed by atoms with Crippen molar-refractivity contribution in [1.82, 2.24) is 4.98 Å². The fourth-order valence-electron chi connectivity index (χ4n) is 1.93. The largest absolute Gasteiger partial charge is 0.289 e. The summed E-state index contributed by atoms with van der Waals surface area (Å²) in [6.45, 7) is 0. The molecular formula is C14H8ClNO. The van der Waals surface area contributed by atoms with E-state index >= 15 is 0 Å². The molecule has 0 fully saturated rings. The van der Waals surface area contributed by atoms with Gasteiger partial charge >= 0.3 is 0 Å². The minimum absolute atomic E-state index is 0.0319. The van der Waals surface area contributed by atoms with Crippen LogP contribution in [0.2, 0.25) is 5.02 Å². The van der Waals surface area contributed by atoms with Gasteiger partial charge in [-0.15, -0.1) is 0 Å². The van der Waals surface area contributed by atoms with E-state index < -0.39 is 0 Å². The van der Waals surface area contributed by atoms with Crippen molar-refractivity contribution in [3.63, 3.8) is 0 Å². The van der Waals surface area contributed by atoms with Gasteiger partial charge in [-0.05, 0) is 17.5 Å². The van der Waals surface area contributed by atoms with Gasteiger partial charge in [-0.3, -0.25) is 9.78 Å². The van der Waals surface area contributed by atoms with Crippen LogP contribution in [0.1, 0.15) is 0 Å². The SMILES string of the molecule is O=c1c2ccccc2ccc2ncc(Cl)cc12. The highest BCUT2D eigenvalue weighted by atomic mass is 35.5. The maximum atomic E-state index is 12.3. The zero-order valence-corrected chi connectivity index (χ0v) is 9.61. The van der Waals surface area contributed by atoms with Gasteiger partial charge in [0.15, 0.2) is 5.43 Å². The monoisotopic (exact) mass is 241 g/mol. The molecule has 2 nitrogen and oxygen atoms in total. The summed E-state index contributed by atoms with van der Waals surface area (Å²) in [4.78, 5) is 16.5. The summed E-state index contributed by atoms with van der Waals surface area (Å²) in [6.07, 6.45) is 1.55. The highest BCUT2D eigenvalue weighted by Gasteiger charge is 2.03. The zero-order chi connectivity index (χ0) is 11.8. The maximum Gasteiger partial charge on any atom is 0.195 e.